The Labute approximate surface area is 192 Å². The van der Waals surface area contributed by atoms with Crippen LogP contribution in [0.4, 0.5) is 0 Å². The molecule has 0 bridgehead atoms. The zero-order valence-electron chi connectivity index (χ0n) is 18.2. The van der Waals surface area contributed by atoms with Gasteiger partial charge in [0.15, 0.2) is 11.5 Å². The van der Waals surface area contributed by atoms with Gasteiger partial charge in [-0.2, -0.15) is 0 Å². The van der Waals surface area contributed by atoms with Crippen LogP contribution in [0.3, 0.4) is 0 Å². The van der Waals surface area contributed by atoms with E-state index in [2.05, 4.69) is 58.5 Å². The van der Waals surface area contributed by atoms with E-state index in [1.165, 1.54) is 21.4 Å². The third kappa shape index (κ3) is 4.92. The van der Waals surface area contributed by atoms with Crippen molar-refractivity contribution in [2.24, 2.45) is 0 Å². The molecule has 4 aromatic rings. The van der Waals surface area contributed by atoms with Crippen LogP contribution >= 0.6 is 11.8 Å². The number of rotatable bonds is 9. The normalized spacial score (nSPS) is 10.8. The molecule has 164 valence electrons. The number of carbonyl (C=O) groups is 1. The zero-order valence-corrected chi connectivity index (χ0v) is 19.0. The van der Waals surface area contributed by atoms with Gasteiger partial charge in [-0.25, -0.2) is 0 Å². The lowest BCUT2D eigenvalue weighted by atomic mass is 10.2. The van der Waals surface area contributed by atoms with Crippen molar-refractivity contribution in [2.45, 2.75) is 17.2 Å². The van der Waals surface area contributed by atoms with Gasteiger partial charge < -0.3 is 19.4 Å². The lowest BCUT2D eigenvalue weighted by Crippen LogP contribution is -2.27. The van der Waals surface area contributed by atoms with Crippen molar-refractivity contribution < 1.29 is 14.3 Å². The number of thioether (sulfide) groups is 1. The van der Waals surface area contributed by atoms with Gasteiger partial charge in [-0.1, -0.05) is 48.5 Å². The summed E-state index contributed by atoms with van der Waals surface area (Å²) in [7, 11) is 3.13. The van der Waals surface area contributed by atoms with Gasteiger partial charge in [0.05, 0.1) is 14.2 Å². The number of aromatic nitrogens is 1. The number of ether oxygens (including phenoxy) is 2. The van der Waals surface area contributed by atoms with Gasteiger partial charge in [0.1, 0.15) is 0 Å². The summed E-state index contributed by atoms with van der Waals surface area (Å²) in [5.74, 6) is 1.92. The van der Waals surface area contributed by atoms with Crippen molar-refractivity contribution in [2.75, 3.05) is 20.8 Å². The van der Waals surface area contributed by atoms with Crippen molar-refractivity contribution in [3.63, 3.8) is 0 Å². The molecule has 0 radical (unpaired) electrons. The molecule has 4 rings (SSSR count). The Balaban J connectivity index is 1.42. The van der Waals surface area contributed by atoms with Crippen LogP contribution in [0.15, 0.2) is 83.9 Å². The van der Waals surface area contributed by atoms with Crippen LogP contribution in [0.2, 0.25) is 0 Å². The minimum absolute atomic E-state index is 0.138. The molecular formula is C26H26N2O3S. The SMILES string of the molecule is COc1ccc(C(=O)NCCn2cc(SCc3ccccc3)c3ccccc32)cc1OC. The van der Waals surface area contributed by atoms with Crippen LogP contribution in [0, 0.1) is 0 Å². The quantitative estimate of drug-likeness (QED) is 0.351. The van der Waals surface area contributed by atoms with E-state index in [0.29, 0.717) is 30.2 Å². The third-order valence-corrected chi connectivity index (χ3v) is 6.39. The summed E-state index contributed by atoms with van der Waals surface area (Å²) in [4.78, 5) is 13.9. The number of para-hydroxylation sites is 1. The van der Waals surface area contributed by atoms with Crippen molar-refractivity contribution in [3.05, 3.63) is 90.1 Å². The van der Waals surface area contributed by atoms with Crippen LogP contribution in [0.5, 0.6) is 11.5 Å². The molecule has 5 nitrogen and oxygen atoms in total. The van der Waals surface area contributed by atoms with Gasteiger partial charge in [-0.05, 0) is 29.8 Å². The van der Waals surface area contributed by atoms with Crippen molar-refractivity contribution in [1.29, 1.82) is 0 Å². The lowest BCUT2D eigenvalue weighted by Gasteiger charge is -2.10. The highest BCUT2D eigenvalue weighted by atomic mass is 32.2. The largest absolute Gasteiger partial charge is 0.493 e. The Morgan fingerprint density at radius 1 is 0.938 bits per heavy atom. The molecule has 0 saturated heterocycles. The van der Waals surface area contributed by atoms with E-state index in [1.807, 2.05) is 23.9 Å². The Morgan fingerprint density at radius 2 is 1.69 bits per heavy atom. The van der Waals surface area contributed by atoms with E-state index in [0.717, 1.165) is 5.75 Å². The molecule has 0 saturated carbocycles. The number of nitrogens with zero attached hydrogens (tertiary/aromatic N) is 1. The molecule has 0 aliphatic heterocycles. The number of fused-ring (bicyclic) bond motifs is 1. The third-order valence-electron chi connectivity index (χ3n) is 5.27. The lowest BCUT2D eigenvalue weighted by molar-refractivity contribution is 0.0952. The monoisotopic (exact) mass is 446 g/mol. The highest BCUT2D eigenvalue weighted by molar-refractivity contribution is 7.98. The Hall–Kier alpha value is -3.38. The first-order valence-electron chi connectivity index (χ1n) is 10.4. The average molecular weight is 447 g/mol. The fourth-order valence-electron chi connectivity index (χ4n) is 3.62. The summed E-state index contributed by atoms with van der Waals surface area (Å²) >= 11 is 1.83. The number of benzene rings is 3. The van der Waals surface area contributed by atoms with Crippen LogP contribution in [0.1, 0.15) is 15.9 Å². The molecule has 0 aliphatic rings. The van der Waals surface area contributed by atoms with Gasteiger partial charge in [0, 0.05) is 46.4 Å². The van der Waals surface area contributed by atoms with E-state index in [4.69, 9.17) is 9.47 Å². The Morgan fingerprint density at radius 3 is 2.47 bits per heavy atom. The van der Waals surface area contributed by atoms with Crippen molar-refractivity contribution in [3.8, 4) is 11.5 Å². The second-order valence-electron chi connectivity index (χ2n) is 7.30. The summed E-state index contributed by atoms with van der Waals surface area (Å²) in [5, 5.41) is 4.24. The molecule has 1 amide bonds. The van der Waals surface area contributed by atoms with Crippen molar-refractivity contribution in [1.82, 2.24) is 9.88 Å². The predicted octanol–water partition coefficient (Wildman–Crippen LogP) is 5.38. The fourth-order valence-corrected chi connectivity index (χ4v) is 4.66. The summed E-state index contributed by atoms with van der Waals surface area (Å²) in [6, 6.07) is 24.0. The fraction of sp³-hybridized carbons (Fsp3) is 0.192. The summed E-state index contributed by atoms with van der Waals surface area (Å²) in [6.45, 7) is 1.21. The van der Waals surface area contributed by atoms with E-state index in [9.17, 15) is 4.79 Å². The number of hydrogen-bond donors (Lipinski definition) is 1. The molecule has 0 unspecified atom stereocenters. The highest BCUT2D eigenvalue weighted by Crippen LogP contribution is 2.32. The molecule has 1 aromatic heterocycles. The minimum Gasteiger partial charge on any atom is -0.493 e. The maximum Gasteiger partial charge on any atom is 0.251 e. The molecule has 0 atom stereocenters. The Kier molecular flexibility index (Phi) is 7.02. The number of methoxy groups -OCH3 is 2. The summed E-state index contributed by atoms with van der Waals surface area (Å²) in [6.07, 6.45) is 2.18. The predicted molar refractivity (Wildman–Crippen MR) is 130 cm³/mol. The second-order valence-corrected chi connectivity index (χ2v) is 8.32. The van der Waals surface area contributed by atoms with Gasteiger partial charge in [0.25, 0.3) is 5.91 Å². The maximum absolute atomic E-state index is 12.6. The minimum atomic E-state index is -0.138. The highest BCUT2D eigenvalue weighted by Gasteiger charge is 2.12. The van der Waals surface area contributed by atoms with Crippen molar-refractivity contribution >= 4 is 28.6 Å². The second kappa shape index (κ2) is 10.3. The van der Waals surface area contributed by atoms with Gasteiger partial charge in [-0.15, -0.1) is 11.8 Å². The number of hydrogen-bond acceptors (Lipinski definition) is 4. The molecule has 32 heavy (non-hydrogen) atoms. The number of amides is 1. The first-order chi connectivity index (χ1) is 15.7. The molecule has 0 fully saturated rings. The van der Waals surface area contributed by atoms with Crippen LogP contribution in [0.25, 0.3) is 10.9 Å². The number of carbonyl (C=O) groups excluding carboxylic acids is 1. The van der Waals surface area contributed by atoms with Crippen LogP contribution in [-0.2, 0) is 12.3 Å². The molecule has 1 N–H and O–H groups in total. The molecule has 1 heterocycles. The summed E-state index contributed by atoms with van der Waals surface area (Å²) in [5.41, 5.74) is 3.01. The van der Waals surface area contributed by atoms with E-state index < -0.39 is 0 Å². The first-order valence-corrected chi connectivity index (χ1v) is 11.4. The standard InChI is InChI=1S/C26H26N2O3S/c1-30-23-13-12-20(16-24(23)31-2)26(29)27-14-15-28-17-25(21-10-6-7-11-22(21)28)32-18-19-8-4-3-5-9-19/h3-13,16-17H,14-15,18H2,1-2H3,(H,27,29). The smallest absolute Gasteiger partial charge is 0.251 e. The molecule has 3 aromatic carbocycles. The molecule has 0 spiro atoms. The van der Waals surface area contributed by atoms with E-state index in [1.54, 1.807) is 32.4 Å². The zero-order chi connectivity index (χ0) is 22.3. The molecule has 6 heteroatoms. The Bertz CT molecular complexity index is 1200. The maximum atomic E-state index is 12.6. The van der Waals surface area contributed by atoms with E-state index in [-0.39, 0.29) is 5.91 Å². The average Bonchev–Trinajstić information content (AvgIpc) is 3.20. The van der Waals surface area contributed by atoms with Gasteiger partial charge in [0.2, 0.25) is 0 Å². The first kappa shape index (κ1) is 21.8. The number of nitrogens with one attached hydrogen (secondary N) is 1. The van der Waals surface area contributed by atoms with Gasteiger partial charge in [-0.3, -0.25) is 4.79 Å². The molecule has 0 aliphatic carbocycles. The van der Waals surface area contributed by atoms with Gasteiger partial charge >= 0.3 is 0 Å². The van der Waals surface area contributed by atoms with Crippen LogP contribution < -0.4 is 14.8 Å². The van der Waals surface area contributed by atoms with Crippen LogP contribution in [-0.4, -0.2) is 31.2 Å². The topological polar surface area (TPSA) is 52.5 Å². The molecular weight excluding hydrogens is 420 g/mol. The van der Waals surface area contributed by atoms with E-state index >= 15 is 0 Å². The summed E-state index contributed by atoms with van der Waals surface area (Å²) < 4.78 is 12.7.